The highest BCUT2D eigenvalue weighted by Gasteiger charge is 2.42. The van der Waals surface area contributed by atoms with E-state index in [0.29, 0.717) is 12.2 Å². The minimum absolute atomic E-state index is 0.0115. The first-order valence-corrected chi connectivity index (χ1v) is 16.5. The van der Waals surface area contributed by atoms with Crippen LogP contribution in [0, 0.1) is 5.92 Å². The van der Waals surface area contributed by atoms with Gasteiger partial charge in [0.05, 0.1) is 30.9 Å². The molecule has 4 aromatic carbocycles. The van der Waals surface area contributed by atoms with Gasteiger partial charge in [-0.3, -0.25) is 14.5 Å². The lowest BCUT2D eigenvalue weighted by molar-refractivity contribution is -0.276. The number of carbonyl (C=O) groups is 3. The standard InChI is InChI=1S/C39H41N3O7/c1-26-34(23-41(2)22-27-9-5-3-6-10-27)48-38(49-36(26)30-15-13-28(24-43)14-16-30)31-17-19-32(20-18-31)42-35(44)21-33(37(42)45)40-39(46)47-25-29-11-7-4-8-12-29/h3-20,26,33-34,36,38,43H,21-25H2,1-2H3,(H,40,46). The summed E-state index contributed by atoms with van der Waals surface area (Å²) < 4.78 is 18.4. The SMILES string of the molecule is CC1C(CN(C)Cc2ccccc2)OC(c2ccc(N3C(=O)CC(NC(=O)OCc4ccccc4)C3=O)cc2)OC1c1ccc(CO)cc1. The molecule has 2 aliphatic rings. The number of imide groups is 1. The van der Waals surface area contributed by atoms with Crippen LogP contribution in [-0.4, -0.2) is 53.7 Å². The minimum atomic E-state index is -1.02. The van der Waals surface area contributed by atoms with E-state index < -0.39 is 30.2 Å². The number of nitrogens with zero attached hydrogens (tertiary/aromatic N) is 2. The number of aliphatic hydroxyl groups is 1. The maximum atomic E-state index is 13.2. The molecule has 0 radical (unpaired) electrons. The van der Waals surface area contributed by atoms with E-state index in [4.69, 9.17) is 14.2 Å². The van der Waals surface area contributed by atoms with E-state index in [9.17, 15) is 19.5 Å². The summed E-state index contributed by atoms with van der Waals surface area (Å²) in [5, 5.41) is 12.1. The Hall–Kier alpha value is -4.87. The van der Waals surface area contributed by atoms with Crippen LogP contribution in [0.1, 0.15) is 53.6 Å². The zero-order valence-corrected chi connectivity index (χ0v) is 27.6. The number of hydrogen-bond donors (Lipinski definition) is 2. The van der Waals surface area contributed by atoms with Crippen molar-refractivity contribution >= 4 is 23.6 Å². The number of amides is 3. The van der Waals surface area contributed by atoms with Crippen molar-refractivity contribution < 1.29 is 33.7 Å². The monoisotopic (exact) mass is 663 g/mol. The molecule has 10 nitrogen and oxygen atoms in total. The molecule has 5 atom stereocenters. The van der Waals surface area contributed by atoms with Gasteiger partial charge in [-0.2, -0.15) is 0 Å². The summed E-state index contributed by atoms with van der Waals surface area (Å²) >= 11 is 0. The Morgan fingerprint density at radius 2 is 1.49 bits per heavy atom. The van der Waals surface area contributed by atoms with Crippen molar-refractivity contribution in [3.63, 3.8) is 0 Å². The van der Waals surface area contributed by atoms with Gasteiger partial charge in [0.1, 0.15) is 12.6 Å². The molecule has 2 aliphatic heterocycles. The average Bonchev–Trinajstić information content (AvgIpc) is 3.40. The molecule has 4 aromatic rings. The molecule has 3 amide bonds. The van der Waals surface area contributed by atoms with Crippen LogP contribution in [-0.2, 0) is 43.6 Å². The van der Waals surface area contributed by atoms with Crippen LogP contribution >= 0.6 is 0 Å². The van der Waals surface area contributed by atoms with E-state index in [1.165, 1.54) is 5.56 Å². The second-order valence-corrected chi connectivity index (χ2v) is 12.6. The van der Waals surface area contributed by atoms with Gasteiger partial charge in [-0.15, -0.1) is 0 Å². The summed E-state index contributed by atoms with van der Waals surface area (Å²) in [6.07, 6.45) is -2.09. The molecular formula is C39H41N3O7. The molecule has 0 saturated carbocycles. The van der Waals surface area contributed by atoms with Crippen molar-refractivity contribution in [3.05, 3.63) is 137 Å². The molecule has 49 heavy (non-hydrogen) atoms. The van der Waals surface area contributed by atoms with E-state index in [1.54, 1.807) is 24.3 Å². The normalized spacial score (nSPS) is 22.4. The van der Waals surface area contributed by atoms with E-state index in [0.717, 1.165) is 33.7 Å². The lowest BCUT2D eigenvalue weighted by Gasteiger charge is -2.42. The minimum Gasteiger partial charge on any atom is -0.445 e. The Balaban J connectivity index is 1.14. The van der Waals surface area contributed by atoms with Gasteiger partial charge in [0.25, 0.3) is 5.91 Å². The predicted molar refractivity (Wildman–Crippen MR) is 183 cm³/mol. The molecule has 6 rings (SSSR count). The highest BCUT2D eigenvalue weighted by Crippen LogP contribution is 2.42. The maximum Gasteiger partial charge on any atom is 0.408 e. The Morgan fingerprint density at radius 3 is 2.14 bits per heavy atom. The molecule has 0 aliphatic carbocycles. The highest BCUT2D eigenvalue weighted by atomic mass is 16.7. The number of anilines is 1. The van der Waals surface area contributed by atoms with Crippen LogP contribution in [0.25, 0.3) is 0 Å². The predicted octanol–water partition coefficient (Wildman–Crippen LogP) is 5.66. The summed E-state index contributed by atoms with van der Waals surface area (Å²) in [6.45, 7) is 3.57. The summed E-state index contributed by atoms with van der Waals surface area (Å²) in [5.74, 6) is -0.934. The molecule has 2 N–H and O–H groups in total. The van der Waals surface area contributed by atoms with Crippen molar-refractivity contribution in [2.45, 2.75) is 57.6 Å². The fraction of sp³-hybridized carbons (Fsp3) is 0.308. The number of carbonyl (C=O) groups excluding carboxylic acids is 3. The Kier molecular flexibility index (Phi) is 10.8. The van der Waals surface area contributed by atoms with Crippen molar-refractivity contribution in [1.29, 1.82) is 0 Å². The van der Waals surface area contributed by atoms with Gasteiger partial charge in [0, 0.05) is 24.6 Å². The van der Waals surface area contributed by atoms with E-state index >= 15 is 0 Å². The van der Waals surface area contributed by atoms with Crippen LogP contribution in [0.15, 0.2) is 109 Å². The molecule has 0 aromatic heterocycles. The first kappa shape index (κ1) is 34.0. The van der Waals surface area contributed by atoms with Crippen molar-refractivity contribution in [2.24, 2.45) is 5.92 Å². The first-order chi connectivity index (χ1) is 23.8. The van der Waals surface area contributed by atoms with Crippen LogP contribution in [0.2, 0.25) is 0 Å². The van der Waals surface area contributed by atoms with Crippen molar-refractivity contribution in [1.82, 2.24) is 10.2 Å². The summed E-state index contributed by atoms with van der Waals surface area (Å²) in [4.78, 5) is 41.9. The second kappa shape index (κ2) is 15.6. The zero-order valence-electron chi connectivity index (χ0n) is 27.6. The molecular weight excluding hydrogens is 622 g/mol. The molecule has 2 saturated heterocycles. The van der Waals surface area contributed by atoms with Gasteiger partial charge in [0.15, 0.2) is 6.29 Å². The smallest absolute Gasteiger partial charge is 0.408 e. The molecule has 10 heteroatoms. The van der Waals surface area contributed by atoms with Gasteiger partial charge >= 0.3 is 6.09 Å². The van der Waals surface area contributed by atoms with Crippen LogP contribution in [0.5, 0.6) is 0 Å². The number of aliphatic hydroxyl groups excluding tert-OH is 1. The molecule has 2 fully saturated rings. The Labute approximate surface area is 286 Å². The fourth-order valence-electron chi connectivity index (χ4n) is 6.30. The van der Waals surface area contributed by atoms with Gasteiger partial charge in [0.2, 0.25) is 5.91 Å². The fourth-order valence-corrected chi connectivity index (χ4v) is 6.30. The Bertz CT molecular complexity index is 1720. The van der Waals surface area contributed by atoms with Crippen LogP contribution in [0.4, 0.5) is 10.5 Å². The van der Waals surface area contributed by atoms with Gasteiger partial charge < -0.3 is 24.6 Å². The third kappa shape index (κ3) is 8.23. The average molecular weight is 664 g/mol. The van der Waals surface area contributed by atoms with Crippen molar-refractivity contribution in [2.75, 3.05) is 18.5 Å². The molecule has 254 valence electrons. The van der Waals surface area contributed by atoms with Crippen molar-refractivity contribution in [3.8, 4) is 0 Å². The first-order valence-electron chi connectivity index (χ1n) is 16.5. The topological polar surface area (TPSA) is 118 Å². The maximum absolute atomic E-state index is 13.2. The summed E-state index contributed by atoms with van der Waals surface area (Å²) in [6, 6.07) is 33.2. The highest BCUT2D eigenvalue weighted by molar-refractivity contribution is 6.22. The number of benzene rings is 4. The largest absolute Gasteiger partial charge is 0.445 e. The number of alkyl carbamates (subject to hydrolysis) is 1. The molecule has 2 heterocycles. The van der Waals surface area contributed by atoms with E-state index in [1.807, 2.05) is 72.8 Å². The third-order valence-corrected chi connectivity index (χ3v) is 8.99. The lowest BCUT2D eigenvalue weighted by Crippen LogP contribution is -2.43. The summed E-state index contributed by atoms with van der Waals surface area (Å²) in [5.41, 5.74) is 4.95. The molecule has 5 unspecified atom stereocenters. The quantitative estimate of drug-likeness (QED) is 0.198. The number of ether oxygens (including phenoxy) is 3. The van der Waals surface area contributed by atoms with Gasteiger partial charge in [-0.05, 0) is 41.4 Å². The van der Waals surface area contributed by atoms with Crippen LogP contribution in [0.3, 0.4) is 0 Å². The molecule has 0 bridgehead atoms. The van der Waals surface area contributed by atoms with Gasteiger partial charge in [-0.1, -0.05) is 104 Å². The van der Waals surface area contributed by atoms with E-state index in [2.05, 4.69) is 36.3 Å². The van der Waals surface area contributed by atoms with E-state index in [-0.39, 0.29) is 37.8 Å². The number of likely N-dealkylation sites (N-methyl/N-ethyl adjacent to an activating group) is 1. The number of nitrogens with one attached hydrogen (secondary N) is 1. The lowest BCUT2D eigenvalue weighted by atomic mass is 9.90. The third-order valence-electron chi connectivity index (χ3n) is 8.99. The second-order valence-electron chi connectivity index (χ2n) is 12.6. The van der Waals surface area contributed by atoms with Gasteiger partial charge in [-0.25, -0.2) is 9.69 Å². The Morgan fingerprint density at radius 1 is 0.857 bits per heavy atom. The molecule has 0 spiro atoms. The summed E-state index contributed by atoms with van der Waals surface area (Å²) in [7, 11) is 2.07. The zero-order chi connectivity index (χ0) is 34.3. The van der Waals surface area contributed by atoms with Crippen LogP contribution < -0.4 is 10.2 Å². The number of rotatable bonds is 11. The number of hydrogen-bond acceptors (Lipinski definition) is 8.